The maximum Gasteiger partial charge on any atom is 0.344 e. The Morgan fingerprint density at radius 3 is 2.18 bits per heavy atom. The summed E-state index contributed by atoms with van der Waals surface area (Å²) in [7, 11) is -3.82. The number of carbonyl (C=O) groups is 1. The van der Waals surface area contributed by atoms with E-state index in [1.807, 2.05) is 0 Å². The topological polar surface area (TPSA) is 69.7 Å². The van der Waals surface area contributed by atoms with Crippen molar-refractivity contribution in [3.63, 3.8) is 0 Å². The van der Waals surface area contributed by atoms with Crippen LogP contribution in [-0.2, 0) is 19.4 Å². The van der Waals surface area contributed by atoms with Crippen LogP contribution in [-0.4, -0.2) is 26.6 Å². The molecular weight excluding hydrogens is 467 g/mol. The van der Waals surface area contributed by atoms with Gasteiger partial charge in [0.05, 0.1) is 9.79 Å². The Kier molecular flexibility index (Phi) is 7.14. The molecule has 0 N–H and O–H groups in total. The van der Waals surface area contributed by atoms with E-state index in [2.05, 4.69) is 0 Å². The molecule has 0 fully saturated rings. The first-order valence-electron chi connectivity index (χ1n) is 10.1. The number of ether oxygens (including phenoxy) is 2. The van der Waals surface area contributed by atoms with Crippen LogP contribution >= 0.6 is 11.6 Å². The Labute approximate surface area is 198 Å². The molecular formula is C25H24ClFO5S. The number of rotatable bonds is 6. The highest BCUT2D eigenvalue weighted by atomic mass is 35.5. The smallest absolute Gasteiger partial charge is 0.344 e. The number of aryl methyl sites for hydroxylation is 1. The minimum absolute atomic E-state index is 0.000175. The minimum atomic E-state index is -3.82. The summed E-state index contributed by atoms with van der Waals surface area (Å²) >= 11 is 6.19. The van der Waals surface area contributed by atoms with Crippen molar-refractivity contribution in [2.45, 2.75) is 43.1 Å². The van der Waals surface area contributed by atoms with E-state index < -0.39 is 27.2 Å². The molecule has 0 bridgehead atoms. The highest BCUT2D eigenvalue weighted by Crippen LogP contribution is 2.36. The van der Waals surface area contributed by atoms with E-state index >= 15 is 0 Å². The van der Waals surface area contributed by atoms with Crippen molar-refractivity contribution in [1.82, 2.24) is 0 Å². The second-order valence-corrected chi connectivity index (χ2v) is 10.8. The van der Waals surface area contributed by atoms with Gasteiger partial charge in [0, 0.05) is 10.6 Å². The van der Waals surface area contributed by atoms with E-state index in [1.54, 1.807) is 52.0 Å². The molecule has 33 heavy (non-hydrogen) atoms. The second kappa shape index (κ2) is 9.53. The minimum Gasteiger partial charge on any atom is -0.481 e. The predicted octanol–water partition coefficient (Wildman–Crippen LogP) is 6.01. The molecule has 0 unspecified atom stereocenters. The van der Waals surface area contributed by atoms with E-state index in [-0.39, 0.29) is 16.4 Å². The summed E-state index contributed by atoms with van der Waals surface area (Å²) < 4.78 is 50.1. The maximum atomic E-state index is 13.2. The lowest BCUT2D eigenvalue weighted by Crippen LogP contribution is -2.27. The molecule has 0 aromatic heterocycles. The monoisotopic (exact) mass is 490 g/mol. The molecule has 5 nitrogen and oxygen atoms in total. The van der Waals surface area contributed by atoms with Crippen LogP contribution in [0.5, 0.6) is 5.75 Å². The lowest BCUT2D eigenvalue weighted by molar-refractivity contribution is -0.157. The summed E-state index contributed by atoms with van der Waals surface area (Å²) in [5.41, 5.74) is 1.32. The molecule has 0 aliphatic rings. The average Bonchev–Trinajstić information content (AvgIpc) is 2.72. The van der Waals surface area contributed by atoms with Crippen molar-refractivity contribution < 1.29 is 27.1 Å². The molecule has 0 radical (unpaired) electrons. The zero-order valence-electron chi connectivity index (χ0n) is 18.7. The van der Waals surface area contributed by atoms with Gasteiger partial charge < -0.3 is 9.47 Å². The van der Waals surface area contributed by atoms with Crippen LogP contribution in [0.25, 0.3) is 11.1 Å². The lowest BCUT2D eigenvalue weighted by Gasteiger charge is -2.20. The number of sulfone groups is 1. The number of hydrogen-bond acceptors (Lipinski definition) is 5. The van der Waals surface area contributed by atoms with Gasteiger partial charge in [-0.25, -0.2) is 17.6 Å². The van der Waals surface area contributed by atoms with Gasteiger partial charge in [-0.15, -0.1) is 0 Å². The molecule has 3 rings (SSSR count). The molecule has 0 heterocycles. The highest BCUT2D eigenvalue weighted by Gasteiger charge is 2.21. The van der Waals surface area contributed by atoms with Gasteiger partial charge in [-0.2, -0.15) is 0 Å². The Morgan fingerprint density at radius 1 is 0.939 bits per heavy atom. The number of carbonyl (C=O) groups excluding carboxylic acids is 1. The summed E-state index contributed by atoms with van der Waals surface area (Å²) in [6, 6.07) is 14.3. The fraction of sp³-hybridized carbons (Fsp3) is 0.240. The molecule has 0 aliphatic carbocycles. The van der Waals surface area contributed by atoms with E-state index in [4.69, 9.17) is 21.1 Å². The van der Waals surface area contributed by atoms with Gasteiger partial charge in [0.1, 0.15) is 17.2 Å². The van der Waals surface area contributed by atoms with Crippen LogP contribution in [0.15, 0.2) is 70.5 Å². The molecule has 0 aliphatic heterocycles. The Hall–Kier alpha value is -2.90. The van der Waals surface area contributed by atoms with E-state index in [1.165, 1.54) is 24.3 Å². The largest absolute Gasteiger partial charge is 0.481 e. The van der Waals surface area contributed by atoms with Crippen LogP contribution in [0.4, 0.5) is 4.39 Å². The molecule has 0 amide bonds. The van der Waals surface area contributed by atoms with Crippen molar-refractivity contribution in [3.8, 4) is 16.9 Å². The first kappa shape index (κ1) is 24.7. The Morgan fingerprint density at radius 2 is 1.58 bits per heavy atom. The standard InChI is InChI=1S/C25H24ClFO5S/c1-16-13-20(33(29,30)19-8-6-18(27)7-9-19)10-11-21(16)22-14-17(26)5-12-23(22)31-15-24(28)32-25(2,3)4/h5-14H,15H2,1-4H3. The van der Waals surface area contributed by atoms with Crippen LogP contribution in [0.2, 0.25) is 5.02 Å². The molecule has 0 saturated carbocycles. The zero-order chi connectivity index (χ0) is 24.4. The summed E-state index contributed by atoms with van der Waals surface area (Å²) in [5.74, 6) is -0.622. The zero-order valence-corrected chi connectivity index (χ0v) is 20.3. The van der Waals surface area contributed by atoms with Crippen molar-refractivity contribution in [2.24, 2.45) is 0 Å². The van der Waals surface area contributed by atoms with E-state index in [0.717, 1.165) is 12.1 Å². The maximum absolute atomic E-state index is 13.2. The van der Waals surface area contributed by atoms with E-state index in [0.29, 0.717) is 27.5 Å². The molecule has 8 heteroatoms. The fourth-order valence-corrected chi connectivity index (χ4v) is 4.72. The van der Waals surface area contributed by atoms with Crippen molar-refractivity contribution in [3.05, 3.63) is 77.1 Å². The lowest BCUT2D eigenvalue weighted by atomic mass is 10.00. The van der Waals surface area contributed by atoms with Crippen LogP contribution < -0.4 is 4.74 Å². The van der Waals surface area contributed by atoms with E-state index in [9.17, 15) is 17.6 Å². The van der Waals surface area contributed by atoms with Crippen molar-refractivity contribution in [1.29, 1.82) is 0 Å². The van der Waals surface area contributed by atoms with Gasteiger partial charge in [-0.3, -0.25) is 0 Å². The third kappa shape index (κ3) is 6.12. The van der Waals surface area contributed by atoms with Gasteiger partial charge >= 0.3 is 5.97 Å². The van der Waals surface area contributed by atoms with Crippen molar-refractivity contribution >= 4 is 27.4 Å². The third-order valence-corrected chi connectivity index (χ3v) is 6.63. The molecule has 0 saturated heterocycles. The third-order valence-electron chi connectivity index (χ3n) is 4.63. The summed E-state index contributed by atoms with van der Waals surface area (Å²) in [6.07, 6.45) is 0. The van der Waals surface area contributed by atoms with Gasteiger partial charge in [0.25, 0.3) is 0 Å². The Balaban J connectivity index is 1.93. The van der Waals surface area contributed by atoms with Gasteiger partial charge in [0.15, 0.2) is 6.61 Å². The van der Waals surface area contributed by atoms with Crippen LogP contribution in [0, 0.1) is 12.7 Å². The Bertz CT molecular complexity index is 1280. The number of halogens is 2. The second-order valence-electron chi connectivity index (χ2n) is 8.45. The first-order chi connectivity index (χ1) is 15.4. The molecule has 174 valence electrons. The number of hydrogen-bond donors (Lipinski definition) is 0. The molecule has 3 aromatic carbocycles. The first-order valence-corrected chi connectivity index (χ1v) is 12.0. The summed E-state index contributed by atoms with van der Waals surface area (Å²) in [4.78, 5) is 12.1. The summed E-state index contributed by atoms with van der Waals surface area (Å²) in [5, 5.41) is 0.456. The summed E-state index contributed by atoms with van der Waals surface area (Å²) in [6.45, 7) is 6.77. The van der Waals surface area contributed by atoms with Crippen molar-refractivity contribution in [2.75, 3.05) is 6.61 Å². The van der Waals surface area contributed by atoms with Gasteiger partial charge in [0.2, 0.25) is 9.84 Å². The predicted molar refractivity (Wildman–Crippen MR) is 125 cm³/mol. The highest BCUT2D eigenvalue weighted by molar-refractivity contribution is 7.91. The number of esters is 1. The quantitative estimate of drug-likeness (QED) is 0.312. The normalized spacial score (nSPS) is 11.8. The fourth-order valence-electron chi connectivity index (χ4n) is 3.20. The molecule has 3 aromatic rings. The SMILES string of the molecule is Cc1cc(S(=O)(=O)c2ccc(F)cc2)ccc1-c1cc(Cl)ccc1OCC(=O)OC(C)(C)C. The number of benzene rings is 3. The average molecular weight is 491 g/mol. The molecule has 0 atom stereocenters. The molecule has 0 spiro atoms. The van der Waals surface area contributed by atoms with Gasteiger partial charge in [-0.1, -0.05) is 17.7 Å². The van der Waals surface area contributed by atoms with Crippen LogP contribution in [0.3, 0.4) is 0 Å². The van der Waals surface area contributed by atoms with Gasteiger partial charge in [-0.05, 0) is 93.4 Å². The van der Waals surface area contributed by atoms with Crippen LogP contribution in [0.1, 0.15) is 26.3 Å².